The summed E-state index contributed by atoms with van der Waals surface area (Å²) < 4.78 is 5.93. The van der Waals surface area contributed by atoms with Crippen LogP contribution in [0.15, 0.2) is 72.3 Å². The second-order valence-electron chi connectivity index (χ2n) is 9.77. The fourth-order valence-electron chi connectivity index (χ4n) is 4.84. The average molecular weight is 496 g/mol. The standard InChI is InChI=1S/C31H33N3O3/c32-19-21-1-5-23(6-2-21)24-7-14-30-26(17-24)18-25(15-16-37-30)31(36)34-28-8-3-22(4-9-28)20-33-27-10-12-29(35)13-11-27/h1-9,14,17-18,27,33H,10-13,15-16,19-20,32H2,(H,34,36). The van der Waals surface area contributed by atoms with Crippen LogP contribution in [0.4, 0.5) is 5.69 Å². The number of Topliss-reactive ketones (excluding diaryl/α,β-unsaturated/α-hetero) is 1. The van der Waals surface area contributed by atoms with Gasteiger partial charge in [-0.25, -0.2) is 0 Å². The number of nitrogens with two attached hydrogens (primary N) is 1. The Bertz CT molecular complexity index is 1290. The number of ether oxygens (including phenoxy) is 1. The summed E-state index contributed by atoms with van der Waals surface area (Å²) in [6.45, 7) is 1.72. The van der Waals surface area contributed by atoms with Crippen molar-refractivity contribution in [3.05, 3.63) is 89.0 Å². The molecule has 0 radical (unpaired) electrons. The van der Waals surface area contributed by atoms with Gasteiger partial charge in [0.15, 0.2) is 0 Å². The van der Waals surface area contributed by atoms with Crippen LogP contribution in [0.25, 0.3) is 17.2 Å². The Balaban J connectivity index is 1.23. The molecule has 1 fully saturated rings. The molecule has 6 nitrogen and oxygen atoms in total. The fourth-order valence-corrected chi connectivity index (χ4v) is 4.84. The van der Waals surface area contributed by atoms with E-state index in [1.54, 1.807) is 0 Å². The van der Waals surface area contributed by atoms with Gasteiger partial charge in [-0.2, -0.15) is 0 Å². The molecule has 37 heavy (non-hydrogen) atoms. The Hall–Kier alpha value is -3.74. The van der Waals surface area contributed by atoms with Crippen molar-refractivity contribution in [3.63, 3.8) is 0 Å². The van der Waals surface area contributed by atoms with Crippen molar-refractivity contribution >= 4 is 23.5 Å². The number of fused-ring (bicyclic) bond motifs is 1. The number of carbonyl (C=O) groups excluding carboxylic acids is 2. The zero-order valence-corrected chi connectivity index (χ0v) is 21.0. The summed E-state index contributed by atoms with van der Waals surface area (Å²) >= 11 is 0. The molecular formula is C31H33N3O3. The van der Waals surface area contributed by atoms with Crippen molar-refractivity contribution in [2.45, 2.75) is 51.2 Å². The summed E-state index contributed by atoms with van der Waals surface area (Å²) in [7, 11) is 0. The van der Waals surface area contributed by atoms with Crippen LogP contribution >= 0.6 is 0 Å². The second kappa shape index (κ2) is 11.5. The first-order valence-corrected chi connectivity index (χ1v) is 13.0. The van der Waals surface area contributed by atoms with E-state index in [0.717, 1.165) is 58.6 Å². The lowest BCUT2D eigenvalue weighted by molar-refractivity contribution is -0.120. The lowest BCUT2D eigenvalue weighted by Crippen LogP contribution is -2.32. The Kier molecular flexibility index (Phi) is 7.78. The molecule has 6 heteroatoms. The molecule has 0 spiro atoms. The molecule has 0 saturated heterocycles. The van der Waals surface area contributed by atoms with Crippen LogP contribution in [-0.2, 0) is 22.7 Å². The number of carbonyl (C=O) groups is 2. The van der Waals surface area contributed by atoms with Gasteiger partial charge in [0.2, 0.25) is 0 Å². The predicted molar refractivity (Wildman–Crippen MR) is 147 cm³/mol. The zero-order chi connectivity index (χ0) is 25.6. The molecular weight excluding hydrogens is 462 g/mol. The molecule has 0 aromatic heterocycles. The van der Waals surface area contributed by atoms with Crippen LogP contribution in [0.3, 0.4) is 0 Å². The maximum Gasteiger partial charge on any atom is 0.251 e. The number of hydrogen-bond donors (Lipinski definition) is 3. The van der Waals surface area contributed by atoms with Gasteiger partial charge in [-0.3, -0.25) is 9.59 Å². The van der Waals surface area contributed by atoms with Gasteiger partial charge in [-0.05, 0) is 65.4 Å². The van der Waals surface area contributed by atoms with Crippen molar-refractivity contribution in [2.75, 3.05) is 11.9 Å². The molecule has 1 aliphatic heterocycles. The normalized spacial score (nSPS) is 15.8. The molecule has 1 amide bonds. The fraction of sp³-hybridized carbons (Fsp3) is 0.290. The summed E-state index contributed by atoms with van der Waals surface area (Å²) in [5, 5.41) is 6.57. The molecule has 0 unspecified atom stereocenters. The Labute approximate surface area is 217 Å². The number of ketones is 1. The van der Waals surface area contributed by atoms with E-state index in [1.807, 2.05) is 54.6 Å². The van der Waals surface area contributed by atoms with Gasteiger partial charge in [0.1, 0.15) is 11.5 Å². The molecule has 1 aliphatic carbocycles. The van der Waals surface area contributed by atoms with Crippen LogP contribution in [0, 0.1) is 0 Å². The first kappa shape index (κ1) is 24.9. The van der Waals surface area contributed by atoms with Gasteiger partial charge in [0.25, 0.3) is 5.91 Å². The Morgan fingerprint density at radius 1 is 0.892 bits per heavy atom. The van der Waals surface area contributed by atoms with Crippen molar-refractivity contribution in [1.29, 1.82) is 0 Å². The van der Waals surface area contributed by atoms with Crippen molar-refractivity contribution in [2.24, 2.45) is 5.73 Å². The molecule has 1 saturated carbocycles. The van der Waals surface area contributed by atoms with Crippen LogP contribution in [-0.4, -0.2) is 24.3 Å². The van der Waals surface area contributed by atoms with Gasteiger partial charge < -0.3 is 21.1 Å². The highest BCUT2D eigenvalue weighted by Gasteiger charge is 2.18. The zero-order valence-electron chi connectivity index (χ0n) is 21.0. The second-order valence-corrected chi connectivity index (χ2v) is 9.77. The van der Waals surface area contributed by atoms with Crippen molar-refractivity contribution < 1.29 is 14.3 Å². The Morgan fingerprint density at radius 3 is 2.32 bits per heavy atom. The van der Waals surface area contributed by atoms with E-state index in [0.29, 0.717) is 49.8 Å². The quantitative estimate of drug-likeness (QED) is 0.418. The summed E-state index contributed by atoms with van der Waals surface area (Å²) in [6.07, 6.45) is 5.65. The first-order valence-electron chi connectivity index (χ1n) is 13.0. The lowest BCUT2D eigenvalue weighted by atomic mass is 9.94. The van der Waals surface area contributed by atoms with E-state index in [-0.39, 0.29) is 5.91 Å². The topological polar surface area (TPSA) is 93.5 Å². The minimum absolute atomic E-state index is 0.119. The summed E-state index contributed by atoms with van der Waals surface area (Å²) in [4.78, 5) is 24.5. The van der Waals surface area contributed by atoms with E-state index in [4.69, 9.17) is 10.5 Å². The maximum absolute atomic E-state index is 13.1. The highest BCUT2D eigenvalue weighted by molar-refractivity contribution is 6.07. The molecule has 0 bridgehead atoms. The van der Waals surface area contributed by atoms with Crippen LogP contribution in [0.5, 0.6) is 5.75 Å². The van der Waals surface area contributed by atoms with Gasteiger partial charge in [0.05, 0.1) is 6.61 Å². The predicted octanol–water partition coefficient (Wildman–Crippen LogP) is 5.22. The molecule has 4 N–H and O–H groups in total. The van der Waals surface area contributed by atoms with Gasteiger partial charge in [-0.15, -0.1) is 0 Å². The number of anilines is 1. The molecule has 1 heterocycles. The average Bonchev–Trinajstić information content (AvgIpc) is 3.16. The monoisotopic (exact) mass is 495 g/mol. The number of hydrogen-bond acceptors (Lipinski definition) is 5. The third-order valence-corrected chi connectivity index (χ3v) is 7.13. The van der Waals surface area contributed by atoms with E-state index >= 15 is 0 Å². The summed E-state index contributed by atoms with van der Waals surface area (Å²) in [5.74, 6) is 1.03. The van der Waals surface area contributed by atoms with E-state index in [9.17, 15) is 9.59 Å². The molecule has 3 aromatic carbocycles. The number of rotatable bonds is 7. The smallest absolute Gasteiger partial charge is 0.251 e. The SMILES string of the molecule is NCc1ccc(-c2ccc3c(c2)C=C(C(=O)Nc2ccc(CNC4CCC(=O)CC4)cc2)CCO3)cc1. The molecule has 5 rings (SSSR count). The van der Waals surface area contributed by atoms with Crippen molar-refractivity contribution in [1.82, 2.24) is 5.32 Å². The van der Waals surface area contributed by atoms with Crippen LogP contribution in [0.2, 0.25) is 0 Å². The largest absolute Gasteiger partial charge is 0.493 e. The van der Waals surface area contributed by atoms with E-state index in [1.165, 1.54) is 0 Å². The molecule has 3 aromatic rings. The van der Waals surface area contributed by atoms with Crippen LogP contribution in [0.1, 0.15) is 48.8 Å². The van der Waals surface area contributed by atoms with E-state index < -0.39 is 0 Å². The highest BCUT2D eigenvalue weighted by Crippen LogP contribution is 2.31. The van der Waals surface area contributed by atoms with E-state index in [2.05, 4.69) is 28.8 Å². The number of nitrogens with one attached hydrogen (secondary N) is 2. The highest BCUT2D eigenvalue weighted by atomic mass is 16.5. The van der Waals surface area contributed by atoms with Gasteiger partial charge in [0, 0.05) is 55.2 Å². The van der Waals surface area contributed by atoms with Gasteiger partial charge in [-0.1, -0.05) is 42.5 Å². The van der Waals surface area contributed by atoms with Crippen molar-refractivity contribution in [3.8, 4) is 16.9 Å². The van der Waals surface area contributed by atoms with Crippen LogP contribution < -0.4 is 21.1 Å². The molecule has 2 aliphatic rings. The number of amides is 1. The first-order chi connectivity index (χ1) is 18.1. The summed E-state index contributed by atoms with van der Waals surface area (Å²) in [6, 6.07) is 22.6. The van der Waals surface area contributed by atoms with Gasteiger partial charge >= 0.3 is 0 Å². The maximum atomic E-state index is 13.1. The third-order valence-electron chi connectivity index (χ3n) is 7.13. The minimum Gasteiger partial charge on any atom is -0.493 e. The minimum atomic E-state index is -0.119. The molecule has 190 valence electrons. The summed E-state index contributed by atoms with van der Waals surface area (Å²) in [5.41, 5.74) is 12.5. The third kappa shape index (κ3) is 6.34. The Morgan fingerprint density at radius 2 is 1.59 bits per heavy atom. The molecule has 0 atom stereocenters. The number of benzene rings is 3. The lowest BCUT2D eigenvalue weighted by Gasteiger charge is -2.22.